The van der Waals surface area contributed by atoms with Crippen LogP contribution in [0.4, 0.5) is 0 Å². The Morgan fingerprint density at radius 1 is 1.13 bits per heavy atom. The molecule has 0 spiro atoms. The third-order valence-corrected chi connectivity index (χ3v) is 0.860. The highest BCUT2D eigenvalue weighted by Crippen LogP contribution is 1.80. The van der Waals surface area contributed by atoms with E-state index in [0.29, 0.717) is 0 Å². The summed E-state index contributed by atoms with van der Waals surface area (Å²) in [6, 6.07) is 0. The van der Waals surface area contributed by atoms with Crippen molar-refractivity contribution >= 4 is 17.8 Å². The molecule has 0 aromatic carbocycles. The molecule has 0 aliphatic heterocycles. The van der Waals surface area contributed by atoms with Crippen LogP contribution in [-0.4, -0.2) is 48.7 Å². The van der Waals surface area contributed by atoms with Crippen LogP contribution in [-0.2, 0) is 9.59 Å². The first kappa shape index (κ1) is 12.3. The quantitative estimate of drug-likeness (QED) is 0.429. The molecule has 0 radical (unpaired) electrons. The predicted molar refractivity (Wildman–Crippen MR) is 41.4 cm³/mol. The minimum absolute atomic E-state index is 0.0185. The van der Waals surface area contributed by atoms with Gasteiger partial charge in [-0.3, -0.25) is 4.79 Å². The van der Waals surface area contributed by atoms with E-state index in [1.54, 1.807) is 0 Å². The van der Waals surface area contributed by atoms with Crippen molar-refractivity contribution in [3.8, 4) is 0 Å². The summed E-state index contributed by atoms with van der Waals surface area (Å²) < 4.78 is 0. The largest absolute Gasteiger partial charge is 0.473 e. The van der Waals surface area contributed by atoms with Crippen molar-refractivity contribution in [3.05, 3.63) is 11.9 Å². The number of nitrogens with zero attached hydrogens (tertiary/aromatic N) is 4. The molecule has 1 heterocycles. The van der Waals surface area contributed by atoms with Crippen LogP contribution in [0.3, 0.4) is 0 Å². The summed E-state index contributed by atoms with van der Waals surface area (Å²) in [5.41, 5.74) is 4.82. The highest BCUT2D eigenvalue weighted by atomic mass is 16.4. The Morgan fingerprint density at radius 2 is 1.67 bits per heavy atom. The van der Waals surface area contributed by atoms with Gasteiger partial charge in [0.1, 0.15) is 0 Å². The second-order valence-corrected chi connectivity index (χ2v) is 1.88. The zero-order valence-electron chi connectivity index (χ0n) is 7.06. The molecule has 0 aliphatic carbocycles. The average molecular weight is 215 g/mol. The normalized spacial score (nSPS) is 8.27. The van der Waals surface area contributed by atoms with Gasteiger partial charge in [0.25, 0.3) is 5.91 Å². The smallest absolute Gasteiger partial charge is 0.414 e. The first-order chi connectivity index (χ1) is 6.95. The third-order valence-electron chi connectivity index (χ3n) is 0.860. The topological polar surface area (TPSA) is 169 Å². The summed E-state index contributed by atoms with van der Waals surface area (Å²) in [6.45, 7) is 0. The molecule has 10 nitrogen and oxygen atoms in total. The van der Waals surface area contributed by atoms with Gasteiger partial charge in [0.15, 0.2) is 5.69 Å². The molecule has 0 unspecified atom stereocenters. The fourth-order valence-electron chi connectivity index (χ4n) is 0.311. The van der Waals surface area contributed by atoms with E-state index in [4.69, 9.17) is 25.5 Å². The van der Waals surface area contributed by atoms with Crippen molar-refractivity contribution < 1.29 is 24.6 Å². The second kappa shape index (κ2) is 5.90. The first-order valence-electron chi connectivity index (χ1n) is 3.22. The summed E-state index contributed by atoms with van der Waals surface area (Å²) in [7, 11) is 0. The van der Waals surface area contributed by atoms with Gasteiger partial charge in [0.2, 0.25) is 0 Å². The van der Waals surface area contributed by atoms with E-state index in [1.807, 2.05) is 0 Å². The highest BCUT2D eigenvalue weighted by molar-refractivity contribution is 6.27. The van der Waals surface area contributed by atoms with Crippen LogP contribution in [0, 0.1) is 0 Å². The SMILES string of the molecule is NC(=O)c1cnnnn1.O=C(O)C(=O)O. The Bertz CT molecular complexity index is 353. The Balaban J connectivity index is 0.000000288. The van der Waals surface area contributed by atoms with Crippen LogP contribution in [0.25, 0.3) is 0 Å². The van der Waals surface area contributed by atoms with Crippen molar-refractivity contribution in [2.45, 2.75) is 0 Å². The molecular weight excluding hydrogens is 210 g/mol. The van der Waals surface area contributed by atoms with E-state index < -0.39 is 17.8 Å². The molecule has 1 amide bonds. The minimum Gasteiger partial charge on any atom is -0.473 e. The van der Waals surface area contributed by atoms with E-state index in [1.165, 1.54) is 0 Å². The lowest BCUT2D eigenvalue weighted by atomic mass is 10.5. The van der Waals surface area contributed by atoms with Gasteiger partial charge >= 0.3 is 11.9 Å². The van der Waals surface area contributed by atoms with E-state index >= 15 is 0 Å². The zero-order valence-corrected chi connectivity index (χ0v) is 7.06. The summed E-state index contributed by atoms with van der Waals surface area (Å²) in [6.07, 6.45) is 1.15. The zero-order chi connectivity index (χ0) is 11.8. The third kappa shape index (κ3) is 5.57. The summed E-state index contributed by atoms with van der Waals surface area (Å²) in [5.74, 6) is -4.30. The van der Waals surface area contributed by atoms with Crippen molar-refractivity contribution in [2.75, 3.05) is 0 Å². The second-order valence-electron chi connectivity index (χ2n) is 1.88. The van der Waals surface area contributed by atoms with Crippen LogP contribution >= 0.6 is 0 Å². The number of hydrogen-bond acceptors (Lipinski definition) is 7. The number of amides is 1. The number of hydrogen-bond donors (Lipinski definition) is 3. The number of carboxylic acids is 2. The van der Waals surface area contributed by atoms with Gasteiger partial charge in [-0.15, -0.1) is 10.2 Å². The van der Waals surface area contributed by atoms with Crippen LogP contribution in [0.1, 0.15) is 10.5 Å². The summed E-state index contributed by atoms with van der Waals surface area (Å²) in [5, 5.41) is 27.5. The summed E-state index contributed by atoms with van der Waals surface area (Å²) in [4.78, 5) is 28.5. The molecule has 15 heavy (non-hydrogen) atoms. The van der Waals surface area contributed by atoms with Crippen LogP contribution in [0.5, 0.6) is 0 Å². The standard InChI is InChI=1S/C3H3N5O.C2H2O4/c4-3(9)2-1-5-7-8-6-2;3-1(4)2(5)6/h1H,(H2,4,9);(H,3,4)(H,5,6). The molecule has 0 saturated carbocycles. The Hall–Kier alpha value is -2.65. The molecule has 1 aromatic heterocycles. The molecule has 0 fully saturated rings. The average Bonchev–Trinajstić information content (AvgIpc) is 2.20. The monoisotopic (exact) mass is 215 g/mol. The predicted octanol–water partition coefficient (Wildman–Crippen LogP) is -2.48. The van der Waals surface area contributed by atoms with Crippen molar-refractivity contribution in [3.63, 3.8) is 0 Å². The Morgan fingerprint density at radius 3 is 1.87 bits per heavy atom. The summed E-state index contributed by atoms with van der Waals surface area (Å²) >= 11 is 0. The molecule has 0 saturated heterocycles. The van der Waals surface area contributed by atoms with Gasteiger partial charge in [0, 0.05) is 0 Å². The van der Waals surface area contributed by atoms with Crippen LogP contribution in [0.2, 0.25) is 0 Å². The first-order valence-corrected chi connectivity index (χ1v) is 3.22. The highest BCUT2D eigenvalue weighted by Gasteiger charge is 2.04. The van der Waals surface area contributed by atoms with E-state index in [9.17, 15) is 4.79 Å². The maximum atomic E-state index is 10.3. The van der Waals surface area contributed by atoms with Gasteiger partial charge in [-0.1, -0.05) is 0 Å². The van der Waals surface area contributed by atoms with Gasteiger partial charge in [0.05, 0.1) is 6.20 Å². The number of nitrogens with two attached hydrogens (primary N) is 1. The minimum atomic E-state index is -1.82. The molecule has 0 atom stereocenters. The lowest BCUT2D eigenvalue weighted by Gasteiger charge is -1.85. The van der Waals surface area contributed by atoms with Gasteiger partial charge < -0.3 is 15.9 Å². The molecule has 1 aromatic rings. The van der Waals surface area contributed by atoms with Gasteiger partial charge in [-0.05, 0) is 10.4 Å². The number of carbonyl (C=O) groups is 3. The molecular formula is C5H5N5O5. The Labute approximate surface area is 81.7 Å². The maximum Gasteiger partial charge on any atom is 0.414 e. The van der Waals surface area contributed by atoms with Gasteiger partial charge in [-0.25, -0.2) is 9.59 Å². The molecule has 0 bridgehead atoms. The molecule has 80 valence electrons. The van der Waals surface area contributed by atoms with E-state index in [2.05, 4.69) is 20.6 Å². The number of aliphatic carboxylic acids is 2. The lowest BCUT2D eigenvalue weighted by molar-refractivity contribution is -0.159. The van der Waals surface area contributed by atoms with Crippen molar-refractivity contribution in [1.82, 2.24) is 20.6 Å². The fourth-order valence-corrected chi connectivity index (χ4v) is 0.311. The molecule has 0 aliphatic rings. The van der Waals surface area contributed by atoms with Crippen LogP contribution < -0.4 is 5.73 Å². The lowest BCUT2D eigenvalue weighted by Crippen LogP contribution is -2.14. The van der Waals surface area contributed by atoms with Gasteiger partial charge in [-0.2, -0.15) is 0 Å². The number of primary amides is 1. The molecule has 10 heteroatoms. The molecule has 1 rings (SSSR count). The number of carbonyl (C=O) groups excluding carboxylic acids is 1. The number of rotatable bonds is 1. The van der Waals surface area contributed by atoms with Crippen molar-refractivity contribution in [2.24, 2.45) is 5.73 Å². The fraction of sp³-hybridized carbons (Fsp3) is 0. The van der Waals surface area contributed by atoms with Crippen molar-refractivity contribution in [1.29, 1.82) is 0 Å². The number of aromatic nitrogens is 4. The van der Waals surface area contributed by atoms with E-state index in [0.717, 1.165) is 6.20 Å². The molecule has 4 N–H and O–H groups in total. The number of carboxylic acid groups (broad SMARTS) is 2. The van der Waals surface area contributed by atoms with Crippen LogP contribution in [0.15, 0.2) is 6.20 Å². The van der Waals surface area contributed by atoms with E-state index in [-0.39, 0.29) is 5.69 Å². The maximum absolute atomic E-state index is 10.3. The Kier molecular flexibility index (Phi) is 4.86.